The molecule has 7 heteroatoms. The average Bonchev–Trinajstić information content (AvgIpc) is 3.44. The number of carboxylic acid groups (broad SMARTS) is 1. The van der Waals surface area contributed by atoms with Gasteiger partial charge in [-0.05, 0) is 134 Å². The van der Waals surface area contributed by atoms with Gasteiger partial charge in [-0.1, -0.05) is 58.4 Å². The second-order valence-corrected chi connectivity index (χ2v) is 16.2. The highest BCUT2D eigenvalue weighted by Crippen LogP contribution is 2.75. The molecule has 4 saturated carbocycles. The smallest absolute Gasteiger partial charge is 0.335 e. The number of amides is 3. The number of hydrogen-bond acceptors (Lipinski definition) is 3. The van der Waals surface area contributed by atoms with Crippen molar-refractivity contribution in [2.24, 2.45) is 45.8 Å². The van der Waals surface area contributed by atoms with E-state index in [0.717, 1.165) is 19.3 Å². The van der Waals surface area contributed by atoms with Gasteiger partial charge < -0.3 is 21.1 Å². The van der Waals surface area contributed by atoms with E-state index < -0.39 is 5.97 Å². The van der Waals surface area contributed by atoms with E-state index in [0.29, 0.717) is 48.2 Å². The molecule has 9 atom stereocenters. The van der Waals surface area contributed by atoms with Crippen LogP contribution in [-0.2, 0) is 4.79 Å². The summed E-state index contributed by atoms with van der Waals surface area (Å²) in [4.78, 5) is 35.7. The van der Waals surface area contributed by atoms with Gasteiger partial charge in [0.05, 0.1) is 5.56 Å². The minimum atomic E-state index is -0.874. The fourth-order valence-electron chi connectivity index (χ4n) is 11.9. The Morgan fingerprint density at radius 3 is 2.23 bits per heavy atom. The summed E-state index contributed by atoms with van der Waals surface area (Å²) in [5.41, 5.74) is 3.57. The zero-order valence-corrected chi connectivity index (χ0v) is 29.7. The van der Waals surface area contributed by atoms with Crippen molar-refractivity contribution in [3.63, 3.8) is 0 Å². The molecule has 1 aromatic carbocycles. The van der Waals surface area contributed by atoms with Gasteiger partial charge in [0.1, 0.15) is 0 Å². The number of nitrogens with one attached hydrogen (secondary N) is 3. The molecule has 0 saturated heterocycles. The van der Waals surface area contributed by atoms with Crippen molar-refractivity contribution in [2.45, 2.75) is 111 Å². The Morgan fingerprint density at radius 1 is 0.894 bits per heavy atom. The van der Waals surface area contributed by atoms with Crippen LogP contribution in [-0.4, -0.2) is 41.6 Å². The Kier molecular flexibility index (Phi) is 10.1. The molecule has 0 aromatic heterocycles. The van der Waals surface area contributed by atoms with E-state index in [1.54, 1.807) is 18.2 Å². The topological polar surface area (TPSA) is 108 Å². The van der Waals surface area contributed by atoms with Crippen LogP contribution >= 0.6 is 0 Å². The molecule has 7 nitrogen and oxygen atoms in total. The van der Waals surface area contributed by atoms with Crippen molar-refractivity contribution in [3.8, 4) is 0 Å². The van der Waals surface area contributed by atoms with Gasteiger partial charge in [0.2, 0.25) is 5.91 Å². The van der Waals surface area contributed by atoms with Crippen molar-refractivity contribution in [2.75, 3.05) is 13.1 Å². The summed E-state index contributed by atoms with van der Waals surface area (Å²) in [5, 5.41) is 18.6. The average molecular weight is 646 g/mol. The number of rotatable bonds is 6. The standard InChI is InChI=1S/C37H53N3O4.C3H6/c1-23-27(25-8-10-26(11-9-25)32(42)43)14-17-34(3)28(23)15-18-36(5)31(34)13-12-29-30-7-6-16-37(30,20-19-35(29,36)4)40-33(44)39-22-21-38-24(2)41;1-3-2/h8-11,14,23,28-31H,6-7,12-13,15-22H2,1-5H3,(H,38,41)(H,42,43)(H2,39,40,44);3H,1H2,2H3/t23?,28?,29?,30?,31?,34?,35-,36?,37?;/m1./s1. The number of carbonyl (C=O) groups excluding carboxylic acids is 2. The number of hydrogen-bond donors (Lipinski definition) is 4. The van der Waals surface area contributed by atoms with Crippen LogP contribution in [0.25, 0.3) is 5.57 Å². The van der Waals surface area contributed by atoms with Gasteiger partial charge in [0, 0.05) is 25.6 Å². The van der Waals surface area contributed by atoms with Crippen molar-refractivity contribution in [3.05, 3.63) is 54.1 Å². The van der Waals surface area contributed by atoms with E-state index in [4.69, 9.17) is 0 Å². The molecule has 0 spiro atoms. The molecule has 0 radical (unpaired) electrons. The molecule has 0 aliphatic heterocycles. The van der Waals surface area contributed by atoms with Crippen LogP contribution in [0.2, 0.25) is 0 Å². The summed E-state index contributed by atoms with van der Waals surface area (Å²) in [6, 6.07) is 7.40. The molecular formula is C40H59N3O4. The fraction of sp³-hybridized carbons (Fsp3) is 0.675. The van der Waals surface area contributed by atoms with Crippen LogP contribution in [0.4, 0.5) is 4.79 Å². The molecule has 6 rings (SSSR count). The molecule has 1 aromatic rings. The zero-order chi connectivity index (χ0) is 34.2. The SMILES string of the molecule is C=CC.CC(=O)NCCNC(=O)NC12CCCC1C1CCC3C4(C)CC=C(c5ccc(C(=O)O)cc5)C(C)C4CCC3(C)[C@]1(C)CC2. The van der Waals surface area contributed by atoms with E-state index in [2.05, 4.69) is 56.3 Å². The lowest BCUT2D eigenvalue weighted by atomic mass is 9.34. The third-order valence-electron chi connectivity index (χ3n) is 14.2. The number of aromatic carboxylic acids is 1. The van der Waals surface area contributed by atoms with Gasteiger partial charge >= 0.3 is 12.0 Å². The predicted molar refractivity (Wildman–Crippen MR) is 189 cm³/mol. The van der Waals surface area contributed by atoms with Crippen LogP contribution in [0.5, 0.6) is 0 Å². The Hall–Kier alpha value is -3.09. The maximum Gasteiger partial charge on any atom is 0.335 e. The van der Waals surface area contributed by atoms with Crippen LogP contribution in [0.15, 0.2) is 43.0 Å². The highest BCUT2D eigenvalue weighted by molar-refractivity contribution is 5.88. The monoisotopic (exact) mass is 645 g/mol. The lowest BCUT2D eigenvalue weighted by Crippen LogP contribution is -2.67. The lowest BCUT2D eigenvalue weighted by Gasteiger charge is -2.71. The van der Waals surface area contributed by atoms with Crippen molar-refractivity contribution >= 4 is 23.5 Å². The van der Waals surface area contributed by atoms with E-state index >= 15 is 0 Å². The number of carbonyl (C=O) groups is 3. The van der Waals surface area contributed by atoms with Gasteiger partial charge in [-0.25, -0.2) is 9.59 Å². The molecule has 4 fully saturated rings. The van der Waals surface area contributed by atoms with Gasteiger partial charge in [0.25, 0.3) is 0 Å². The predicted octanol–water partition coefficient (Wildman–Crippen LogP) is 8.22. The highest BCUT2D eigenvalue weighted by Gasteiger charge is 2.68. The Morgan fingerprint density at radius 2 is 1.57 bits per heavy atom. The largest absolute Gasteiger partial charge is 0.478 e. The van der Waals surface area contributed by atoms with Crippen molar-refractivity contribution in [1.29, 1.82) is 0 Å². The molecule has 47 heavy (non-hydrogen) atoms. The number of benzene rings is 1. The summed E-state index contributed by atoms with van der Waals surface area (Å²) in [5.74, 6) is 1.94. The first-order valence-corrected chi connectivity index (χ1v) is 18.2. The molecule has 5 aliphatic carbocycles. The Bertz CT molecular complexity index is 1390. The molecule has 3 amide bonds. The van der Waals surface area contributed by atoms with E-state index in [1.165, 1.54) is 63.0 Å². The summed E-state index contributed by atoms with van der Waals surface area (Å²) in [6.07, 6.45) is 16.0. The molecule has 5 aliphatic rings. The zero-order valence-electron chi connectivity index (χ0n) is 29.7. The molecular weight excluding hydrogens is 586 g/mol. The Labute approximate surface area is 282 Å². The summed E-state index contributed by atoms with van der Waals surface area (Å²) >= 11 is 0. The van der Waals surface area contributed by atoms with Gasteiger partial charge in [-0.2, -0.15) is 0 Å². The third-order valence-corrected chi connectivity index (χ3v) is 14.2. The van der Waals surface area contributed by atoms with Crippen LogP contribution in [0.3, 0.4) is 0 Å². The maximum absolute atomic E-state index is 13.1. The molecule has 8 unspecified atom stereocenters. The van der Waals surface area contributed by atoms with Crippen molar-refractivity contribution < 1.29 is 19.5 Å². The van der Waals surface area contributed by atoms with Crippen LogP contribution in [0, 0.1) is 45.8 Å². The normalized spacial score (nSPS) is 38.4. The number of urea groups is 1. The van der Waals surface area contributed by atoms with Gasteiger partial charge in [0.15, 0.2) is 0 Å². The quantitative estimate of drug-likeness (QED) is 0.185. The molecule has 0 heterocycles. The van der Waals surface area contributed by atoms with E-state index in [1.807, 2.05) is 19.1 Å². The molecule has 258 valence electrons. The second-order valence-electron chi connectivity index (χ2n) is 16.2. The minimum absolute atomic E-state index is 0.0772. The van der Waals surface area contributed by atoms with Crippen LogP contribution in [0.1, 0.15) is 122 Å². The van der Waals surface area contributed by atoms with Gasteiger partial charge in [-0.15, -0.1) is 6.58 Å². The van der Waals surface area contributed by atoms with Crippen molar-refractivity contribution in [1.82, 2.24) is 16.0 Å². The maximum atomic E-state index is 13.1. The first-order valence-electron chi connectivity index (χ1n) is 18.2. The second kappa shape index (κ2) is 13.4. The molecule has 0 bridgehead atoms. The number of fused-ring (bicyclic) bond motifs is 7. The first kappa shape index (κ1) is 35.2. The lowest BCUT2D eigenvalue weighted by molar-refractivity contribution is -0.210. The Balaban J connectivity index is 0.00000139. The summed E-state index contributed by atoms with van der Waals surface area (Å²) < 4.78 is 0. The number of allylic oxidation sites excluding steroid dienone is 3. The number of carboxylic acids is 1. The first-order chi connectivity index (χ1) is 22.3. The van der Waals surface area contributed by atoms with E-state index in [9.17, 15) is 19.5 Å². The highest BCUT2D eigenvalue weighted by atomic mass is 16.4. The van der Waals surface area contributed by atoms with Crippen LogP contribution < -0.4 is 16.0 Å². The van der Waals surface area contributed by atoms with Gasteiger partial charge in [-0.3, -0.25) is 4.79 Å². The van der Waals surface area contributed by atoms with E-state index in [-0.39, 0.29) is 33.7 Å². The fourth-order valence-corrected chi connectivity index (χ4v) is 11.9. The minimum Gasteiger partial charge on any atom is -0.478 e. The molecule has 4 N–H and O–H groups in total. The third kappa shape index (κ3) is 6.05. The summed E-state index contributed by atoms with van der Waals surface area (Å²) in [6.45, 7) is 17.9. The summed E-state index contributed by atoms with van der Waals surface area (Å²) in [7, 11) is 0.